The zero-order valence-electron chi connectivity index (χ0n) is 22.9. The van der Waals surface area contributed by atoms with Crippen LogP contribution in [0.2, 0.25) is 0 Å². The van der Waals surface area contributed by atoms with Crippen molar-refractivity contribution >= 4 is 17.6 Å². The van der Waals surface area contributed by atoms with Crippen LogP contribution in [0.1, 0.15) is 95.9 Å². The zero-order valence-corrected chi connectivity index (χ0v) is 22.9. The maximum absolute atomic E-state index is 12.2. The molecule has 6 heteroatoms. The normalized spacial score (nSPS) is 11.5. The Morgan fingerprint density at radius 3 is 1.45 bits per heavy atom. The molecule has 0 aromatic heterocycles. The van der Waals surface area contributed by atoms with Crippen molar-refractivity contribution in [2.45, 2.75) is 95.9 Å². The second-order valence-corrected chi connectivity index (χ2v) is 10.7. The molecule has 0 bridgehead atoms. The van der Waals surface area contributed by atoms with Gasteiger partial charge in [0.1, 0.15) is 5.78 Å². The quantitative estimate of drug-likeness (QED) is 0.486. The van der Waals surface area contributed by atoms with Gasteiger partial charge in [0.05, 0.1) is 13.1 Å². The summed E-state index contributed by atoms with van der Waals surface area (Å²) in [7, 11) is 1.76. The predicted octanol–water partition coefficient (Wildman–Crippen LogP) is 4.67. The Morgan fingerprint density at radius 2 is 1.10 bits per heavy atom. The third-order valence-electron chi connectivity index (χ3n) is 4.09. The van der Waals surface area contributed by atoms with Crippen LogP contribution in [0.4, 0.5) is 0 Å². The van der Waals surface area contributed by atoms with Crippen molar-refractivity contribution in [3.63, 3.8) is 0 Å². The van der Waals surface area contributed by atoms with E-state index in [1.54, 1.807) is 18.9 Å². The summed E-state index contributed by atoms with van der Waals surface area (Å²) in [6.45, 7) is 25.7. The standard InChI is InChI=1S/C21H41N3O3.2C2H6/c1-16(25)10-20(5,6)13-21(7,8)15-23-18(27)12-24(9)11-17(26)22-14-19(2,3)4;2*1-2/h10-15H2,1-9H3,(H,22,26)(H,23,27);2*1-2H3. The van der Waals surface area contributed by atoms with E-state index in [4.69, 9.17) is 0 Å². The van der Waals surface area contributed by atoms with Crippen LogP contribution in [-0.2, 0) is 14.4 Å². The van der Waals surface area contributed by atoms with E-state index in [2.05, 4.69) is 59.1 Å². The van der Waals surface area contributed by atoms with Gasteiger partial charge in [0.15, 0.2) is 0 Å². The number of rotatable bonds is 11. The van der Waals surface area contributed by atoms with Gasteiger partial charge in [-0.25, -0.2) is 0 Å². The molecule has 2 N–H and O–H groups in total. The summed E-state index contributed by atoms with van der Waals surface area (Å²) in [5.41, 5.74) is -0.174. The van der Waals surface area contributed by atoms with Crippen LogP contribution in [0.25, 0.3) is 0 Å². The SMILES string of the molecule is CC.CC.CC(=O)CC(C)(C)CC(C)(C)CNC(=O)CN(C)CC(=O)NCC(C)(C)C. The van der Waals surface area contributed by atoms with Crippen molar-refractivity contribution in [1.82, 2.24) is 15.5 Å². The molecule has 0 saturated carbocycles. The molecule has 0 aliphatic carbocycles. The summed E-state index contributed by atoms with van der Waals surface area (Å²) < 4.78 is 0. The molecule has 6 nitrogen and oxygen atoms in total. The molecule has 186 valence electrons. The minimum atomic E-state index is -0.114. The molecule has 0 spiro atoms. The molecule has 0 radical (unpaired) electrons. The molecule has 0 rings (SSSR count). The lowest BCUT2D eigenvalue weighted by atomic mass is 9.72. The Balaban J connectivity index is -0.00000184. The molecule has 0 saturated heterocycles. The van der Waals surface area contributed by atoms with Gasteiger partial charge in [-0.15, -0.1) is 0 Å². The smallest absolute Gasteiger partial charge is 0.234 e. The number of ketones is 1. The Morgan fingerprint density at radius 1 is 0.710 bits per heavy atom. The first-order valence-electron chi connectivity index (χ1n) is 11.7. The number of amides is 2. The first-order valence-corrected chi connectivity index (χ1v) is 11.7. The summed E-state index contributed by atoms with van der Waals surface area (Å²) in [6, 6.07) is 0. The average molecular weight is 444 g/mol. The molecule has 2 amide bonds. The van der Waals surface area contributed by atoms with E-state index in [-0.39, 0.29) is 46.9 Å². The van der Waals surface area contributed by atoms with Gasteiger partial charge >= 0.3 is 0 Å². The van der Waals surface area contributed by atoms with Crippen molar-refractivity contribution in [1.29, 1.82) is 0 Å². The van der Waals surface area contributed by atoms with Gasteiger partial charge in [0, 0.05) is 19.5 Å². The number of hydrogen-bond donors (Lipinski definition) is 2. The third kappa shape index (κ3) is 23.1. The summed E-state index contributed by atoms with van der Waals surface area (Å²) in [5, 5.41) is 5.85. The molecule has 0 unspecified atom stereocenters. The average Bonchev–Trinajstić information content (AvgIpc) is 2.59. The molecule has 0 heterocycles. The maximum Gasteiger partial charge on any atom is 0.234 e. The van der Waals surface area contributed by atoms with Crippen LogP contribution in [0.15, 0.2) is 0 Å². The lowest BCUT2D eigenvalue weighted by molar-refractivity contribution is -0.125. The van der Waals surface area contributed by atoms with Gasteiger partial charge in [-0.05, 0) is 36.6 Å². The van der Waals surface area contributed by atoms with Crippen LogP contribution in [0, 0.1) is 16.2 Å². The van der Waals surface area contributed by atoms with Crippen LogP contribution >= 0.6 is 0 Å². The monoisotopic (exact) mass is 443 g/mol. The lowest BCUT2D eigenvalue weighted by Crippen LogP contribution is -2.44. The highest BCUT2D eigenvalue weighted by molar-refractivity contribution is 5.81. The van der Waals surface area contributed by atoms with Gasteiger partial charge < -0.3 is 15.4 Å². The van der Waals surface area contributed by atoms with Gasteiger partial charge in [-0.2, -0.15) is 0 Å². The van der Waals surface area contributed by atoms with E-state index in [0.717, 1.165) is 6.42 Å². The molecule has 0 aliphatic rings. The molecule has 31 heavy (non-hydrogen) atoms. The minimum absolute atomic E-state index is 0.0351. The number of carbonyl (C=O) groups is 3. The van der Waals surface area contributed by atoms with E-state index in [1.807, 2.05) is 27.7 Å². The molecule has 0 aliphatic heterocycles. The largest absolute Gasteiger partial charge is 0.354 e. The van der Waals surface area contributed by atoms with Gasteiger partial charge in [-0.1, -0.05) is 76.2 Å². The first-order chi connectivity index (χ1) is 14.0. The highest BCUT2D eigenvalue weighted by Gasteiger charge is 2.30. The van der Waals surface area contributed by atoms with Crippen LogP contribution in [0.3, 0.4) is 0 Å². The predicted molar refractivity (Wildman–Crippen MR) is 133 cm³/mol. The van der Waals surface area contributed by atoms with Crippen molar-refractivity contribution in [2.75, 3.05) is 33.2 Å². The van der Waals surface area contributed by atoms with E-state index < -0.39 is 0 Å². The fourth-order valence-corrected chi connectivity index (χ4v) is 3.45. The number of hydrogen-bond acceptors (Lipinski definition) is 4. The Labute approximate surface area is 193 Å². The minimum Gasteiger partial charge on any atom is -0.354 e. The van der Waals surface area contributed by atoms with Crippen molar-refractivity contribution in [2.24, 2.45) is 16.2 Å². The first kappa shape index (κ1) is 34.2. The number of carbonyl (C=O) groups excluding carboxylic acids is 3. The van der Waals surface area contributed by atoms with Gasteiger partial charge in [-0.3, -0.25) is 14.5 Å². The van der Waals surface area contributed by atoms with Gasteiger partial charge in [0.25, 0.3) is 0 Å². The number of nitrogens with zero attached hydrogens (tertiary/aromatic N) is 1. The summed E-state index contributed by atoms with van der Waals surface area (Å²) in [5.74, 6) is 0.0105. The van der Waals surface area contributed by atoms with Crippen molar-refractivity contribution in [3.8, 4) is 0 Å². The van der Waals surface area contributed by atoms with Crippen LogP contribution in [0.5, 0.6) is 0 Å². The third-order valence-corrected chi connectivity index (χ3v) is 4.09. The summed E-state index contributed by atoms with van der Waals surface area (Å²) in [6.07, 6.45) is 1.38. The van der Waals surface area contributed by atoms with Gasteiger partial charge in [0.2, 0.25) is 11.8 Å². The fraction of sp³-hybridized carbons (Fsp3) is 0.880. The van der Waals surface area contributed by atoms with Crippen LogP contribution < -0.4 is 10.6 Å². The van der Waals surface area contributed by atoms with Crippen LogP contribution in [-0.4, -0.2) is 55.7 Å². The summed E-state index contributed by atoms with van der Waals surface area (Å²) in [4.78, 5) is 37.3. The second kappa shape index (κ2) is 16.2. The molecular formula is C25H53N3O3. The van der Waals surface area contributed by atoms with E-state index in [0.29, 0.717) is 19.5 Å². The van der Waals surface area contributed by atoms with Crippen molar-refractivity contribution < 1.29 is 14.4 Å². The molecule has 0 aromatic carbocycles. The van der Waals surface area contributed by atoms with E-state index in [9.17, 15) is 14.4 Å². The Bertz CT molecular complexity index is 521. The maximum atomic E-state index is 12.2. The number of Topliss-reactive ketones (excluding diaryl/α,β-unsaturated/α-hetero) is 1. The molecule has 0 atom stereocenters. The molecular weight excluding hydrogens is 390 g/mol. The fourth-order valence-electron chi connectivity index (χ4n) is 3.45. The number of nitrogens with one attached hydrogen (secondary N) is 2. The highest BCUT2D eigenvalue weighted by atomic mass is 16.2. The molecule has 0 aromatic rings. The lowest BCUT2D eigenvalue weighted by Gasteiger charge is -2.34. The molecule has 0 fully saturated rings. The number of likely N-dealkylation sites (N-methyl/N-ethyl adjacent to an activating group) is 1. The Hall–Kier alpha value is -1.43. The zero-order chi connectivity index (χ0) is 25.5. The Kier molecular flexibility index (Phi) is 17.9. The van der Waals surface area contributed by atoms with Crippen molar-refractivity contribution in [3.05, 3.63) is 0 Å². The summed E-state index contributed by atoms with van der Waals surface area (Å²) >= 11 is 0. The highest BCUT2D eigenvalue weighted by Crippen LogP contribution is 2.35. The topological polar surface area (TPSA) is 78.5 Å². The van der Waals surface area contributed by atoms with E-state index in [1.165, 1.54) is 0 Å². The van der Waals surface area contributed by atoms with E-state index >= 15 is 0 Å². The second-order valence-electron chi connectivity index (χ2n) is 10.7.